The van der Waals surface area contributed by atoms with E-state index in [0.717, 1.165) is 12.8 Å². The fourth-order valence-corrected chi connectivity index (χ4v) is 9.51. The predicted octanol–water partition coefficient (Wildman–Crippen LogP) is 3.73. The second-order valence-corrected chi connectivity index (χ2v) is 16.1. The van der Waals surface area contributed by atoms with Gasteiger partial charge in [-0.15, -0.1) is 0 Å². The van der Waals surface area contributed by atoms with Gasteiger partial charge in [0.25, 0.3) is 5.91 Å². The van der Waals surface area contributed by atoms with Gasteiger partial charge in [-0.25, -0.2) is 0 Å². The number of anilines is 2. The number of hydrogen-bond acceptors (Lipinski definition) is 11. The Kier molecular flexibility index (Phi) is 10.8. The molecule has 2 amide bonds. The largest absolute Gasteiger partial charge is 0.510 e. The third-order valence-electron chi connectivity index (χ3n) is 12.3. The van der Waals surface area contributed by atoms with E-state index in [0.29, 0.717) is 30.4 Å². The number of nitrogens with two attached hydrogens (primary N) is 1. The van der Waals surface area contributed by atoms with Crippen molar-refractivity contribution in [1.82, 2.24) is 9.80 Å². The molecule has 2 fully saturated rings. The summed E-state index contributed by atoms with van der Waals surface area (Å²) in [5.74, 6) is -7.68. The van der Waals surface area contributed by atoms with Gasteiger partial charge in [-0.2, -0.15) is 0 Å². The van der Waals surface area contributed by atoms with Gasteiger partial charge in [-0.05, 0) is 57.3 Å². The number of carbonyl (C=O) groups excluding carboxylic acids is 4. The number of phenolic OH excluding ortho intramolecular Hbond substituents is 1. The molecule has 0 spiro atoms. The fraction of sp³-hybridized carbons (Fsp3) is 0.641. The number of nitrogens with one attached hydrogen (secondary N) is 1. The number of amides is 2. The highest BCUT2D eigenvalue weighted by atomic mass is 16.3. The Hall–Kier alpha value is -3.94. The maximum atomic E-state index is 14.4. The smallest absolute Gasteiger partial charge is 0.255 e. The summed E-state index contributed by atoms with van der Waals surface area (Å²) in [7, 11) is 6.76. The number of allylic oxidation sites excluding steroid dienone is 1. The number of benzene rings is 1. The summed E-state index contributed by atoms with van der Waals surface area (Å²) in [5, 5.41) is 49.1. The molecule has 0 aromatic heterocycles. The van der Waals surface area contributed by atoms with Gasteiger partial charge in [0, 0.05) is 50.4 Å². The molecular formula is C39H55N5O8. The van der Waals surface area contributed by atoms with Crippen LogP contribution in [0.4, 0.5) is 11.4 Å². The lowest BCUT2D eigenvalue weighted by Gasteiger charge is -2.50. The Labute approximate surface area is 305 Å². The van der Waals surface area contributed by atoms with Crippen LogP contribution < -0.4 is 16.0 Å². The van der Waals surface area contributed by atoms with Crippen molar-refractivity contribution in [3.05, 3.63) is 39.9 Å². The first kappa shape index (κ1) is 37.8. The van der Waals surface area contributed by atoms with Gasteiger partial charge in [0.2, 0.25) is 11.7 Å². The molecule has 1 heterocycles. The minimum absolute atomic E-state index is 0.00292. The maximum Gasteiger partial charge on any atom is 0.255 e. The molecule has 1 aromatic carbocycles. The first-order valence-electron chi connectivity index (χ1n) is 18.9. The van der Waals surface area contributed by atoms with Gasteiger partial charge >= 0.3 is 0 Å². The van der Waals surface area contributed by atoms with Gasteiger partial charge in [-0.1, -0.05) is 57.8 Å². The monoisotopic (exact) mass is 721 g/mol. The second kappa shape index (κ2) is 14.8. The lowest BCUT2D eigenvalue weighted by atomic mass is 9.58. The van der Waals surface area contributed by atoms with Crippen LogP contribution in [-0.2, 0) is 20.8 Å². The number of likely N-dealkylation sites (tertiary alicyclic amines) is 1. The first-order chi connectivity index (χ1) is 24.7. The number of nitrogens with zero attached hydrogens (tertiary/aromatic N) is 3. The molecule has 5 aliphatic rings. The number of phenols is 1. The number of ketones is 2. The van der Waals surface area contributed by atoms with Crippen molar-refractivity contribution in [1.29, 1.82) is 0 Å². The average molecular weight is 722 g/mol. The highest BCUT2D eigenvalue weighted by molar-refractivity contribution is 6.25. The Balaban J connectivity index is 1.27. The number of Topliss-reactive ketones (excluding diaryl/α,β-unsaturated/α-hetero) is 2. The number of aromatic hydroxyl groups is 1. The lowest BCUT2D eigenvalue weighted by Crippen LogP contribution is -2.63. The van der Waals surface area contributed by atoms with Crippen molar-refractivity contribution in [2.24, 2.45) is 23.5 Å². The summed E-state index contributed by atoms with van der Waals surface area (Å²) in [4.78, 5) is 59.6. The van der Waals surface area contributed by atoms with Gasteiger partial charge in [0.1, 0.15) is 17.1 Å². The van der Waals surface area contributed by atoms with Gasteiger partial charge in [0.05, 0.1) is 23.2 Å². The minimum Gasteiger partial charge on any atom is -0.510 e. The number of aliphatic hydroxyl groups is 3. The van der Waals surface area contributed by atoms with Crippen LogP contribution in [0.5, 0.6) is 5.75 Å². The molecule has 0 bridgehead atoms. The van der Waals surface area contributed by atoms with E-state index in [1.807, 2.05) is 0 Å². The van der Waals surface area contributed by atoms with E-state index in [1.165, 1.54) is 62.7 Å². The molecule has 13 heteroatoms. The van der Waals surface area contributed by atoms with E-state index in [-0.39, 0.29) is 41.5 Å². The number of primary amides is 1. The molecule has 52 heavy (non-hydrogen) atoms. The molecule has 1 aromatic rings. The molecule has 6 rings (SSSR count). The Bertz CT molecular complexity index is 1680. The van der Waals surface area contributed by atoms with Gasteiger partial charge in [0.15, 0.2) is 17.1 Å². The third-order valence-corrected chi connectivity index (χ3v) is 12.3. The molecule has 4 aliphatic carbocycles. The van der Waals surface area contributed by atoms with Crippen LogP contribution in [0.1, 0.15) is 93.0 Å². The van der Waals surface area contributed by atoms with Crippen LogP contribution >= 0.6 is 0 Å². The van der Waals surface area contributed by atoms with Crippen molar-refractivity contribution in [2.75, 3.05) is 51.5 Å². The zero-order valence-electron chi connectivity index (χ0n) is 30.9. The summed E-state index contributed by atoms with van der Waals surface area (Å²) < 4.78 is 0. The number of aliphatic hydroxyl groups excluding tert-OH is 2. The Morgan fingerprint density at radius 1 is 0.923 bits per heavy atom. The highest BCUT2D eigenvalue weighted by Crippen LogP contribution is 2.54. The molecule has 1 saturated heterocycles. The van der Waals surface area contributed by atoms with Crippen LogP contribution in [0, 0.1) is 17.8 Å². The Morgan fingerprint density at radius 2 is 1.50 bits per heavy atom. The number of rotatable bonds is 6. The van der Waals surface area contributed by atoms with Crippen LogP contribution in [-0.4, -0.2) is 113 Å². The van der Waals surface area contributed by atoms with E-state index in [2.05, 4.69) is 10.2 Å². The minimum atomic E-state index is -2.72. The van der Waals surface area contributed by atoms with Crippen molar-refractivity contribution >= 4 is 34.8 Å². The molecule has 0 radical (unpaired) electrons. The Morgan fingerprint density at radius 3 is 2.04 bits per heavy atom. The van der Waals surface area contributed by atoms with E-state index in [1.54, 1.807) is 39.2 Å². The van der Waals surface area contributed by atoms with E-state index in [4.69, 9.17) is 5.73 Å². The van der Waals surface area contributed by atoms with Crippen LogP contribution in [0.3, 0.4) is 0 Å². The van der Waals surface area contributed by atoms with Crippen LogP contribution in [0.15, 0.2) is 28.7 Å². The summed E-state index contributed by atoms with van der Waals surface area (Å²) in [6.07, 6.45) is 13.8. The number of hydrogen-bond donors (Lipinski definition) is 6. The van der Waals surface area contributed by atoms with E-state index in [9.17, 15) is 39.6 Å². The quantitative estimate of drug-likeness (QED) is 0.185. The molecule has 7 N–H and O–H groups in total. The standard InChI is InChI=1S/C39H55N5O8/c1-42(2)27-18-26(41-38(51)22-19-44(20-22)23-14-12-10-8-6-5-7-9-11-13-15-23)32(45)29-24(27)16-21-17-25-31(43(3)4)34(47)30(37(40)50)36(49)39(25,52)35(48)28(21)33(29)46/h18,21-23,25,31,45,47-48,52H,5-17,19-20H2,1-4H3,(H2,40,50)(H,41,51)/t21-,25?,31-,39-/m0/s1. The summed E-state index contributed by atoms with van der Waals surface area (Å²) in [6, 6.07) is 1.04. The summed E-state index contributed by atoms with van der Waals surface area (Å²) in [6.45, 7) is 1.26. The summed E-state index contributed by atoms with van der Waals surface area (Å²) >= 11 is 0. The molecule has 1 unspecified atom stereocenters. The number of carbonyl (C=O) groups is 4. The topological polar surface area (TPSA) is 197 Å². The number of fused-ring (bicyclic) bond motifs is 3. The molecule has 284 valence electrons. The normalized spacial score (nSPS) is 28.3. The molecule has 1 aliphatic heterocycles. The van der Waals surface area contributed by atoms with E-state index < -0.39 is 63.8 Å². The third kappa shape index (κ3) is 6.49. The van der Waals surface area contributed by atoms with Crippen molar-refractivity contribution in [2.45, 2.75) is 101 Å². The van der Waals surface area contributed by atoms with Crippen LogP contribution in [0.2, 0.25) is 0 Å². The van der Waals surface area contributed by atoms with Crippen molar-refractivity contribution in [3.63, 3.8) is 0 Å². The van der Waals surface area contributed by atoms with Gasteiger partial charge < -0.3 is 36.4 Å². The predicted molar refractivity (Wildman–Crippen MR) is 196 cm³/mol. The van der Waals surface area contributed by atoms with Crippen molar-refractivity contribution in [3.8, 4) is 5.75 Å². The van der Waals surface area contributed by atoms with Crippen molar-refractivity contribution < 1.29 is 39.6 Å². The number of likely N-dealkylation sites (N-methyl/N-ethyl adjacent to an activating group) is 1. The lowest BCUT2D eigenvalue weighted by molar-refractivity contribution is -0.148. The molecule has 1 saturated carbocycles. The summed E-state index contributed by atoms with van der Waals surface area (Å²) in [5.41, 5.74) is 2.64. The average Bonchev–Trinajstić information content (AvgIpc) is 3.04. The molecule has 4 atom stereocenters. The molecular weight excluding hydrogens is 666 g/mol. The van der Waals surface area contributed by atoms with Crippen LogP contribution in [0.25, 0.3) is 0 Å². The second-order valence-electron chi connectivity index (χ2n) is 16.1. The maximum absolute atomic E-state index is 14.4. The highest BCUT2D eigenvalue weighted by Gasteiger charge is 2.63. The van der Waals surface area contributed by atoms with Gasteiger partial charge in [-0.3, -0.25) is 29.0 Å². The fourth-order valence-electron chi connectivity index (χ4n) is 9.51. The zero-order chi connectivity index (χ0) is 37.6. The first-order valence-corrected chi connectivity index (χ1v) is 18.9. The van der Waals surface area contributed by atoms with E-state index >= 15 is 0 Å². The zero-order valence-corrected chi connectivity index (χ0v) is 30.9. The SMILES string of the molecule is CN(C)c1cc(NC(=O)C2CN(C3CCCCCCCCCCC3)C2)c(O)c2c1C[C@H]1CC3[C@H](N(C)C)C(O)=C(C(N)=O)C(=O)[C@@]3(O)C(O)=C1C2=O. The molecule has 13 nitrogen and oxygen atoms in total.